The second-order valence-electron chi connectivity index (χ2n) is 6.42. The van der Waals surface area contributed by atoms with Crippen LogP contribution < -0.4 is 16.4 Å². The minimum atomic E-state index is -0.926. The van der Waals surface area contributed by atoms with Gasteiger partial charge >= 0.3 is 0 Å². The van der Waals surface area contributed by atoms with Crippen LogP contribution in [-0.4, -0.2) is 17.4 Å². The molecule has 2 amide bonds. The van der Waals surface area contributed by atoms with E-state index in [4.69, 9.17) is 5.73 Å². The number of nitrogens with one attached hydrogen (secondary N) is 2. The molecule has 0 spiro atoms. The van der Waals surface area contributed by atoms with E-state index in [0.717, 1.165) is 12.0 Å². The van der Waals surface area contributed by atoms with E-state index in [1.165, 1.54) is 0 Å². The lowest BCUT2D eigenvalue weighted by molar-refractivity contribution is -0.120. The average Bonchev–Trinajstić information content (AvgIpc) is 2.59. The van der Waals surface area contributed by atoms with Gasteiger partial charge in [0.25, 0.3) is 5.91 Å². The molecule has 0 bridgehead atoms. The molecule has 0 heterocycles. The van der Waals surface area contributed by atoms with E-state index >= 15 is 0 Å². The van der Waals surface area contributed by atoms with E-state index in [9.17, 15) is 9.59 Å². The average molecular weight is 339 g/mol. The molecule has 25 heavy (non-hydrogen) atoms. The number of anilines is 2. The van der Waals surface area contributed by atoms with Gasteiger partial charge in [0, 0.05) is 16.9 Å². The van der Waals surface area contributed by atoms with E-state index in [1.807, 2.05) is 32.0 Å². The Balaban J connectivity index is 2.17. The number of carbonyl (C=O) groups is 2. The van der Waals surface area contributed by atoms with Crippen molar-refractivity contribution >= 4 is 23.2 Å². The Morgan fingerprint density at radius 2 is 1.60 bits per heavy atom. The van der Waals surface area contributed by atoms with Crippen molar-refractivity contribution in [3.63, 3.8) is 0 Å². The summed E-state index contributed by atoms with van der Waals surface area (Å²) in [7, 11) is 0. The summed E-state index contributed by atoms with van der Waals surface area (Å²) in [5, 5.41) is 5.76. The number of rotatable bonds is 6. The summed E-state index contributed by atoms with van der Waals surface area (Å²) in [5.74, 6) is -0.425. The van der Waals surface area contributed by atoms with Crippen molar-refractivity contribution in [3.8, 4) is 0 Å². The Morgan fingerprint density at radius 3 is 2.20 bits per heavy atom. The molecular weight excluding hydrogens is 314 g/mol. The highest BCUT2D eigenvalue weighted by molar-refractivity contribution is 6.05. The van der Waals surface area contributed by atoms with E-state index in [0.29, 0.717) is 23.4 Å². The topological polar surface area (TPSA) is 84.2 Å². The molecule has 0 aliphatic rings. The summed E-state index contributed by atoms with van der Waals surface area (Å²) in [6.07, 6.45) is 1.43. The lowest BCUT2D eigenvalue weighted by atomic mass is 9.96. The van der Waals surface area contributed by atoms with Crippen molar-refractivity contribution in [3.05, 3.63) is 59.7 Å². The number of carbonyl (C=O) groups excluding carboxylic acids is 2. The van der Waals surface area contributed by atoms with Crippen molar-refractivity contribution in [2.24, 2.45) is 5.73 Å². The zero-order valence-electron chi connectivity index (χ0n) is 14.9. The second kappa shape index (κ2) is 7.94. The van der Waals surface area contributed by atoms with Gasteiger partial charge in [-0.25, -0.2) is 0 Å². The van der Waals surface area contributed by atoms with Crippen LogP contribution in [0.25, 0.3) is 0 Å². The van der Waals surface area contributed by atoms with Crippen molar-refractivity contribution in [2.75, 3.05) is 10.6 Å². The van der Waals surface area contributed by atoms with E-state index < -0.39 is 5.54 Å². The highest BCUT2D eigenvalue weighted by atomic mass is 16.2. The highest BCUT2D eigenvalue weighted by Crippen LogP contribution is 2.25. The van der Waals surface area contributed by atoms with Crippen LogP contribution in [0, 0.1) is 6.92 Å². The van der Waals surface area contributed by atoms with E-state index in [2.05, 4.69) is 10.6 Å². The summed E-state index contributed by atoms with van der Waals surface area (Å²) in [5.41, 5.74) is 7.81. The van der Waals surface area contributed by atoms with Gasteiger partial charge in [0.1, 0.15) is 0 Å². The molecule has 0 aliphatic carbocycles. The van der Waals surface area contributed by atoms with Crippen molar-refractivity contribution in [2.45, 2.75) is 39.2 Å². The molecule has 0 aromatic heterocycles. The number of hydrogen-bond donors (Lipinski definition) is 3. The highest BCUT2D eigenvalue weighted by Gasteiger charge is 2.27. The molecule has 1 unspecified atom stereocenters. The van der Waals surface area contributed by atoms with Gasteiger partial charge in [0.2, 0.25) is 5.91 Å². The lowest BCUT2D eigenvalue weighted by Crippen LogP contribution is -2.48. The molecule has 1 atom stereocenters. The van der Waals surface area contributed by atoms with Crippen LogP contribution in [-0.2, 0) is 4.79 Å². The van der Waals surface area contributed by atoms with Crippen LogP contribution in [0.3, 0.4) is 0 Å². The first-order valence-electron chi connectivity index (χ1n) is 8.41. The van der Waals surface area contributed by atoms with Crippen molar-refractivity contribution < 1.29 is 9.59 Å². The normalized spacial score (nSPS) is 13.0. The van der Waals surface area contributed by atoms with Gasteiger partial charge in [0.05, 0.1) is 5.54 Å². The van der Waals surface area contributed by atoms with Crippen LogP contribution in [0.5, 0.6) is 0 Å². The van der Waals surface area contributed by atoms with Crippen molar-refractivity contribution in [1.29, 1.82) is 0 Å². The monoisotopic (exact) mass is 339 g/mol. The molecule has 2 aromatic rings. The van der Waals surface area contributed by atoms with Crippen LogP contribution in [0.4, 0.5) is 11.4 Å². The van der Waals surface area contributed by atoms with Gasteiger partial charge in [-0.15, -0.1) is 0 Å². The fourth-order valence-corrected chi connectivity index (χ4v) is 2.59. The summed E-state index contributed by atoms with van der Waals surface area (Å²) < 4.78 is 0. The van der Waals surface area contributed by atoms with Gasteiger partial charge in [-0.2, -0.15) is 0 Å². The summed E-state index contributed by atoms with van der Waals surface area (Å²) >= 11 is 0. The molecule has 5 nitrogen and oxygen atoms in total. The smallest absolute Gasteiger partial charge is 0.255 e. The Morgan fingerprint density at radius 1 is 1.00 bits per heavy atom. The van der Waals surface area contributed by atoms with Gasteiger partial charge in [-0.3, -0.25) is 9.59 Å². The first-order valence-corrected chi connectivity index (χ1v) is 8.41. The summed E-state index contributed by atoms with van der Waals surface area (Å²) in [4.78, 5) is 24.7. The molecular formula is C20H25N3O2. The standard InChI is InChI=1S/C20H25N3O2/c1-4-13-20(3,21)19(25)23-17-12-8-11-16(14(17)2)22-18(24)15-9-6-5-7-10-15/h5-12H,4,13,21H2,1-3H3,(H,22,24)(H,23,25). The maximum absolute atomic E-state index is 12.4. The lowest BCUT2D eigenvalue weighted by Gasteiger charge is -2.24. The first kappa shape index (κ1) is 18.7. The molecule has 4 N–H and O–H groups in total. The molecule has 2 aromatic carbocycles. The quantitative estimate of drug-likeness (QED) is 0.750. The number of benzene rings is 2. The molecule has 5 heteroatoms. The fraction of sp³-hybridized carbons (Fsp3) is 0.300. The zero-order chi connectivity index (χ0) is 18.4. The van der Waals surface area contributed by atoms with Crippen molar-refractivity contribution in [1.82, 2.24) is 0 Å². The maximum Gasteiger partial charge on any atom is 0.255 e. The maximum atomic E-state index is 12.4. The number of amides is 2. The third-order valence-electron chi connectivity index (χ3n) is 4.15. The van der Waals surface area contributed by atoms with Crippen LogP contribution >= 0.6 is 0 Å². The van der Waals surface area contributed by atoms with Gasteiger partial charge in [-0.1, -0.05) is 37.6 Å². The second-order valence-corrected chi connectivity index (χ2v) is 6.42. The predicted octanol–water partition coefficient (Wildman–Crippen LogP) is 3.70. The van der Waals surface area contributed by atoms with Gasteiger partial charge in [-0.05, 0) is 50.1 Å². The number of nitrogens with two attached hydrogens (primary N) is 1. The molecule has 2 rings (SSSR count). The molecule has 0 saturated heterocycles. The Labute approximate surface area is 148 Å². The van der Waals surface area contributed by atoms with E-state index in [1.54, 1.807) is 37.3 Å². The SMILES string of the molecule is CCCC(C)(N)C(=O)Nc1cccc(NC(=O)c2ccccc2)c1C. The minimum Gasteiger partial charge on any atom is -0.324 e. The first-order chi connectivity index (χ1) is 11.8. The number of hydrogen-bond acceptors (Lipinski definition) is 3. The van der Waals surface area contributed by atoms with Gasteiger partial charge < -0.3 is 16.4 Å². The Bertz CT molecular complexity index is 755. The minimum absolute atomic E-state index is 0.193. The third kappa shape index (κ3) is 4.67. The Kier molecular flexibility index (Phi) is 5.93. The third-order valence-corrected chi connectivity index (χ3v) is 4.15. The largest absolute Gasteiger partial charge is 0.324 e. The van der Waals surface area contributed by atoms with Crippen LogP contribution in [0.2, 0.25) is 0 Å². The summed E-state index contributed by atoms with van der Waals surface area (Å²) in [6.45, 7) is 5.56. The zero-order valence-corrected chi connectivity index (χ0v) is 14.9. The Hall–Kier alpha value is -2.66. The van der Waals surface area contributed by atoms with E-state index in [-0.39, 0.29) is 11.8 Å². The van der Waals surface area contributed by atoms with Gasteiger partial charge in [0.15, 0.2) is 0 Å². The molecule has 0 saturated carbocycles. The van der Waals surface area contributed by atoms with Crippen LogP contribution in [0.15, 0.2) is 48.5 Å². The predicted molar refractivity (Wildman–Crippen MR) is 102 cm³/mol. The summed E-state index contributed by atoms with van der Waals surface area (Å²) in [6, 6.07) is 14.4. The molecule has 132 valence electrons. The molecule has 0 aliphatic heterocycles. The van der Waals surface area contributed by atoms with Crippen LogP contribution in [0.1, 0.15) is 42.6 Å². The molecule has 0 radical (unpaired) electrons. The molecule has 0 fully saturated rings. The fourth-order valence-electron chi connectivity index (χ4n) is 2.59.